The summed E-state index contributed by atoms with van der Waals surface area (Å²) in [4.78, 5) is 33.2. The predicted molar refractivity (Wildman–Crippen MR) is 138 cm³/mol. The van der Waals surface area contributed by atoms with Gasteiger partial charge in [0.15, 0.2) is 0 Å². The van der Waals surface area contributed by atoms with Crippen LogP contribution in [0.2, 0.25) is 5.02 Å². The molecule has 1 amide bonds. The lowest BCUT2D eigenvalue weighted by atomic mass is 10.0. The highest BCUT2D eigenvalue weighted by Gasteiger charge is 2.14. The molecule has 3 aromatic heterocycles. The molecule has 0 bridgehead atoms. The lowest BCUT2D eigenvalue weighted by Gasteiger charge is -2.13. The maximum absolute atomic E-state index is 13.0. The summed E-state index contributed by atoms with van der Waals surface area (Å²) >= 11 is 6.23. The fraction of sp³-hybridized carbons (Fsp3) is 0.120. The Kier molecular flexibility index (Phi) is 6.28. The van der Waals surface area contributed by atoms with Crippen molar-refractivity contribution < 1.29 is 9.90 Å². The van der Waals surface area contributed by atoms with E-state index in [2.05, 4.69) is 25.5 Å². The Labute approximate surface area is 215 Å². The second-order valence-corrected chi connectivity index (χ2v) is 8.78. The summed E-state index contributed by atoms with van der Waals surface area (Å²) in [6, 6.07) is 15.7. The highest BCUT2D eigenvalue weighted by molar-refractivity contribution is 6.31. The molecule has 3 heterocycles. The van der Waals surface area contributed by atoms with Gasteiger partial charge in [-0.2, -0.15) is 4.68 Å². The molecular weight excluding hydrogens is 496 g/mol. The summed E-state index contributed by atoms with van der Waals surface area (Å²) < 4.78 is 3.06. The summed E-state index contributed by atoms with van der Waals surface area (Å²) in [6.45, 7) is 2.14. The Hall–Kier alpha value is -4.77. The number of rotatable bonds is 6. The molecule has 5 rings (SSSR count). The molecule has 0 spiro atoms. The van der Waals surface area contributed by atoms with Gasteiger partial charge in [-0.3, -0.25) is 9.69 Å². The topological polar surface area (TPSA) is 135 Å². The summed E-state index contributed by atoms with van der Waals surface area (Å²) in [7, 11) is 1.48. The number of nitrogens with zero attached hydrogens (tertiary/aromatic N) is 7. The van der Waals surface area contributed by atoms with Crippen molar-refractivity contribution >= 4 is 23.4 Å². The van der Waals surface area contributed by atoms with Crippen molar-refractivity contribution in [2.45, 2.75) is 13.5 Å². The van der Waals surface area contributed by atoms with E-state index in [1.54, 1.807) is 41.1 Å². The average molecular weight is 517 g/mol. The van der Waals surface area contributed by atoms with Gasteiger partial charge in [-0.05, 0) is 59.3 Å². The Morgan fingerprint density at radius 3 is 2.57 bits per heavy atom. The third kappa shape index (κ3) is 4.84. The molecule has 5 aromatic rings. The average Bonchev–Trinajstić information content (AvgIpc) is 3.55. The van der Waals surface area contributed by atoms with Gasteiger partial charge in [0.25, 0.3) is 5.56 Å². The van der Waals surface area contributed by atoms with Gasteiger partial charge in [-0.25, -0.2) is 9.78 Å². The molecule has 0 aliphatic heterocycles. The molecule has 0 aliphatic rings. The lowest BCUT2D eigenvalue weighted by molar-refractivity contribution is 0.203. The predicted octanol–water partition coefficient (Wildman–Crippen LogP) is 4.01. The molecule has 0 fully saturated rings. The third-order valence-electron chi connectivity index (χ3n) is 5.93. The molecule has 0 radical (unpaired) electrons. The summed E-state index contributed by atoms with van der Waals surface area (Å²) in [5.74, 6) is 0.617. The van der Waals surface area contributed by atoms with E-state index in [-0.39, 0.29) is 12.1 Å². The van der Waals surface area contributed by atoms with Gasteiger partial charge >= 0.3 is 6.09 Å². The largest absolute Gasteiger partial charge is 0.465 e. The minimum absolute atomic E-state index is 0.211. The van der Waals surface area contributed by atoms with Crippen LogP contribution in [0.5, 0.6) is 0 Å². The number of amides is 1. The molecule has 0 saturated heterocycles. The number of tetrazole rings is 1. The van der Waals surface area contributed by atoms with Crippen LogP contribution in [0.1, 0.15) is 11.5 Å². The number of aryl methyl sites for hydroxylation is 1. The van der Waals surface area contributed by atoms with Crippen LogP contribution in [0.25, 0.3) is 28.1 Å². The first-order valence-corrected chi connectivity index (χ1v) is 11.5. The van der Waals surface area contributed by atoms with Crippen LogP contribution in [-0.2, 0) is 6.54 Å². The molecule has 12 heteroatoms. The van der Waals surface area contributed by atoms with Crippen molar-refractivity contribution in [3.63, 3.8) is 0 Å². The van der Waals surface area contributed by atoms with E-state index in [1.807, 2.05) is 25.1 Å². The van der Waals surface area contributed by atoms with Crippen LogP contribution in [0.15, 0.2) is 71.9 Å². The minimum Gasteiger partial charge on any atom is -0.465 e. The van der Waals surface area contributed by atoms with Crippen LogP contribution >= 0.6 is 11.6 Å². The number of halogens is 1. The van der Waals surface area contributed by atoms with Crippen molar-refractivity contribution in [3.05, 3.63) is 94.0 Å². The first-order chi connectivity index (χ1) is 17.8. The number of aromatic amines is 1. The maximum Gasteiger partial charge on any atom is 0.411 e. The smallest absolute Gasteiger partial charge is 0.411 e. The number of nitrogens with one attached hydrogen (secondary N) is 1. The molecule has 0 saturated carbocycles. The standard InChI is InChI=1S/C25H21ClN8O3/c1-15-24(16-3-6-19(7-4-16)32(2)25(36)37)29-22(28-15)13-33-10-9-17(11-23(33)35)20-12-18(26)5-8-21(20)34-14-27-30-31-34/h3-12,14H,13H2,1-2H3,(H,28,29)(H,36,37). The molecule has 2 aromatic carbocycles. The van der Waals surface area contributed by atoms with Crippen molar-refractivity contribution in [2.24, 2.45) is 0 Å². The number of H-pyrrole nitrogens is 1. The first kappa shape index (κ1) is 23.9. The molecule has 0 unspecified atom stereocenters. The van der Waals surface area contributed by atoms with Crippen molar-refractivity contribution in [1.29, 1.82) is 0 Å². The van der Waals surface area contributed by atoms with Crippen molar-refractivity contribution in [3.8, 4) is 28.1 Å². The Bertz CT molecular complexity index is 1640. The number of hydrogen-bond donors (Lipinski definition) is 2. The Morgan fingerprint density at radius 2 is 1.89 bits per heavy atom. The monoisotopic (exact) mass is 516 g/mol. The number of hydrogen-bond acceptors (Lipinski definition) is 6. The number of imidazole rings is 1. The van der Waals surface area contributed by atoms with Gasteiger partial charge in [0.1, 0.15) is 12.2 Å². The number of carbonyl (C=O) groups is 1. The second-order valence-electron chi connectivity index (χ2n) is 8.34. The van der Waals surface area contributed by atoms with E-state index < -0.39 is 6.09 Å². The number of pyridine rings is 1. The molecule has 0 aliphatic carbocycles. The maximum atomic E-state index is 13.0. The van der Waals surface area contributed by atoms with Gasteiger partial charge in [0.05, 0.1) is 17.9 Å². The van der Waals surface area contributed by atoms with Crippen molar-refractivity contribution in [1.82, 2.24) is 34.7 Å². The Balaban J connectivity index is 1.41. The van der Waals surface area contributed by atoms with E-state index in [9.17, 15) is 9.59 Å². The van der Waals surface area contributed by atoms with Gasteiger partial charge in [-0.15, -0.1) is 5.10 Å². The minimum atomic E-state index is -1.04. The van der Waals surface area contributed by atoms with E-state index >= 15 is 0 Å². The zero-order chi connectivity index (χ0) is 26.1. The van der Waals surface area contributed by atoms with Crippen LogP contribution < -0.4 is 10.5 Å². The number of aromatic nitrogens is 7. The summed E-state index contributed by atoms with van der Waals surface area (Å²) in [6.07, 6.45) is 2.14. The van der Waals surface area contributed by atoms with Gasteiger partial charge in [0.2, 0.25) is 0 Å². The van der Waals surface area contributed by atoms with Gasteiger partial charge < -0.3 is 14.7 Å². The van der Waals surface area contributed by atoms with E-state index in [0.29, 0.717) is 27.8 Å². The van der Waals surface area contributed by atoms with Crippen LogP contribution in [0.4, 0.5) is 10.5 Å². The van der Waals surface area contributed by atoms with Crippen LogP contribution in [-0.4, -0.2) is 53.0 Å². The summed E-state index contributed by atoms with van der Waals surface area (Å²) in [5, 5.41) is 21.0. The van der Waals surface area contributed by atoms with Gasteiger partial charge in [0, 0.05) is 46.8 Å². The fourth-order valence-electron chi connectivity index (χ4n) is 4.01. The highest BCUT2D eigenvalue weighted by atomic mass is 35.5. The van der Waals surface area contributed by atoms with E-state index in [4.69, 9.17) is 16.7 Å². The number of anilines is 1. The number of carboxylic acid groups (broad SMARTS) is 1. The first-order valence-electron chi connectivity index (χ1n) is 11.2. The molecule has 2 N–H and O–H groups in total. The molecule has 186 valence electrons. The fourth-order valence-corrected chi connectivity index (χ4v) is 4.18. The van der Waals surface area contributed by atoms with E-state index in [0.717, 1.165) is 27.4 Å². The molecule has 0 atom stereocenters. The van der Waals surface area contributed by atoms with Crippen molar-refractivity contribution in [2.75, 3.05) is 11.9 Å². The summed E-state index contributed by atoms with van der Waals surface area (Å²) in [5.41, 5.74) is 4.84. The molecule has 37 heavy (non-hydrogen) atoms. The normalized spacial score (nSPS) is 11.0. The number of benzene rings is 2. The van der Waals surface area contributed by atoms with Crippen LogP contribution in [0, 0.1) is 6.92 Å². The van der Waals surface area contributed by atoms with Gasteiger partial charge in [-0.1, -0.05) is 23.7 Å². The molecular formula is C25H21ClN8O3. The third-order valence-corrected chi connectivity index (χ3v) is 6.17. The lowest BCUT2D eigenvalue weighted by Crippen LogP contribution is -2.23. The Morgan fingerprint density at radius 1 is 1.11 bits per heavy atom. The second kappa shape index (κ2) is 9.70. The quantitative estimate of drug-likeness (QED) is 0.348. The van der Waals surface area contributed by atoms with E-state index in [1.165, 1.54) is 24.1 Å². The zero-order valence-electron chi connectivity index (χ0n) is 19.8. The SMILES string of the molecule is Cc1[nH]c(Cn2ccc(-c3cc(Cl)ccc3-n3cnnn3)cc2=O)nc1-c1ccc(N(C)C(=O)O)cc1. The molecule has 11 nitrogen and oxygen atoms in total. The van der Waals surface area contributed by atoms with Crippen LogP contribution in [0.3, 0.4) is 0 Å². The zero-order valence-corrected chi connectivity index (χ0v) is 20.6. The highest BCUT2D eigenvalue weighted by Crippen LogP contribution is 2.29.